The van der Waals surface area contributed by atoms with Crippen LogP contribution in [-0.2, 0) is 12.8 Å². The summed E-state index contributed by atoms with van der Waals surface area (Å²) in [4.78, 5) is 4.85. The molecule has 3 nitrogen and oxygen atoms in total. The standard InChI is InChI=1S/C7H12IO3.C2H6.U/c1-2-7(6-10-11-8)4-3-5-9-7;1-2;/h5H,2-4,6H2,1H3;1-2H3;/q-1;;. The Morgan fingerprint density at radius 1 is 1.50 bits per heavy atom. The third kappa shape index (κ3) is 6.29. The van der Waals surface area contributed by atoms with E-state index in [1.54, 1.807) is 23.0 Å². The van der Waals surface area contributed by atoms with Gasteiger partial charge in [-0.2, -0.15) is 9.64 Å². The van der Waals surface area contributed by atoms with Gasteiger partial charge >= 0.3 is 0 Å². The Balaban J connectivity index is 0. The fourth-order valence-corrected chi connectivity index (χ4v) is 1.34. The maximum Gasteiger partial charge on any atom is 0.155 e. The van der Waals surface area contributed by atoms with Gasteiger partial charge in [0, 0.05) is 31.1 Å². The van der Waals surface area contributed by atoms with Crippen molar-refractivity contribution in [3.63, 3.8) is 0 Å². The number of hydrogen-bond acceptors (Lipinski definition) is 3. The van der Waals surface area contributed by atoms with E-state index in [0.717, 1.165) is 19.3 Å². The van der Waals surface area contributed by atoms with E-state index in [4.69, 9.17) is 9.62 Å². The predicted octanol–water partition coefficient (Wildman–Crippen LogP) is 3.43. The van der Waals surface area contributed by atoms with Gasteiger partial charge in [-0.3, -0.25) is 0 Å². The maximum absolute atomic E-state index is 5.46. The van der Waals surface area contributed by atoms with Crippen LogP contribution in [0.4, 0.5) is 0 Å². The van der Waals surface area contributed by atoms with Crippen LogP contribution in [-0.4, -0.2) is 12.2 Å². The third-order valence-electron chi connectivity index (χ3n) is 2.06. The minimum atomic E-state index is -0.120. The first-order valence-electron chi connectivity index (χ1n) is 4.73. The number of hydrogen-bond donors (Lipinski definition) is 0. The molecule has 0 bridgehead atoms. The molecule has 0 aromatic carbocycles. The molecule has 0 N–H and O–H groups in total. The van der Waals surface area contributed by atoms with E-state index in [-0.39, 0.29) is 36.7 Å². The van der Waals surface area contributed by atoms with Gasteiger partial charge in [-0.15, -0.1) is 0 Å². The second kappa shape index (κ2) is 11.2. The van der Waals surface area contributed by atoms with Gasteiger partial charge in [0.2, 0.25) is 0 Å². The van der Waals surface area contributed by atoms with Gasteiger partial charge in [0.1, 0.15) is 6.61 Å². The summed E-state index contributed by atoms with van der Waals surface area (Å²) < 4.78 is 9.97. The van der Waals surface area contributed by atoms with Crippen LogP contribution in [0.2, 0.25) is 0 Å². The van der Waals surface area contributed by atoms with Gasteiger partial charge in [-0.1, -0.05) is 20.8 Å². The van der Waals surface area contributed by atoms with Crippen molar-refractivity contribution in [2.75, 3.05) is 6.61 Å². The zero-order valence-electron chi connectivity index (χ0n) is 9.01. The van der Waals surface area contributed by atoms with Crippen LogP contribution in [0.3, 0.4) is 0 Å². The van der Waals surface area contributed by atoms with E-state index >= 15 is 0 Å². The maximum atomic E-state index is 5.46. The fourth-order valence-electron chi connectivity index (χ4n) is 1.21. The summed E-state index contributed by atoms with van der Waals surface area (Å²) in [5, 5.41) is 0. The molecule has 1 rings (SSSR count). The molecule has 0 radical (unpaired) electrons. The number of halogens is 1. The molecule has 0 spiro atoms. The van der Waals surface area contributed by atoms with Crippen molar-refractivity contribution < 1.29 is 44.0 Å². The Labute approximate surface area is 125 Å². The molecule has 84 valence electrons. The monoisotopic (exact) mass is 539 g/mol. The van der Waals surface area contributed by atoms with Gasteiger partial charge in [-0.25, -0.2) is 11.5 Å². The average molecular weight is 539 g/mol. The van der Waals surface area contributed by atoms with E-state index in [9.17, 15) is 0 Å². The molecule has 1 aliphatic rings. The van der Waals surface area contributed by atoms with Crippen LogP contribution >= 0.6 is 23.0 Å². The SMILES string of the molecule is CC.CCC1(COOI)CC[CH-]O1.[U]. The summed E-state index contributed by atoms with van der Waals surface area (Å²) in [6, 6.07) is 0. The second-order valence-corrected chi connectivity index (χ2v) is 3.04. The molecule has 0 aliphatic carbocycles. The largest absolute Gasteiger partial charge is 0.546 e. The molecule has 1 atom stereocenters. The van der Waals surface area contributed by atoms with Crippen molar-refractivity contribution >= 4 is 23.0 Å². The van der Waals surface area contributed by atoms with Gasteiger partial charge in [0.15, 0.2) is 23.0 Å². The molecule has 14 heavy (non-hydrogen) atoms. The van der Waals surface area contributed by atoms with Crippen molar-refractivity contribution in [2.24, 2.45) is 0 Å². The summed E-state index contributed by atoms with van der Waals surface area (Å²) in [7, 11) is 0. The second-order valence-electron chi connectivity index (χ2n) is 2.68. The predicted molar refractivity (Wildman–Crippen MR) is 60.0 cm³/mol. The molecule has 0 aromatic heterocycles. The van der Waals surface area contributed by atoms with Crippen LogP contribution in [0.15, 0.2) is 0 Å². The van der Waals surface area contributed by atoms with Crippen LogP contribution in [0.5, 0.6) is 0 Å². The first kappa shape index (κ1) is 18.0. The topological polar surface area (TPSA) is 27.7 Å². The first-order chi connectivity index (χ1) is 6.33. The molecular formula is C9H18IO3U-. The van der Waals surface area contributed by atoms with Crippen LogP contribution < -0.4 is 0 Å². The van der Waals surface area contributed by atoms with E-state index in [0.29, 0.717) is 6.61 Å². The Bertz CT molecular complexity index is 119. The number of rotatable bonds is 4. The number of ether oxygens (including phenoxy) is 1. The van der Waals surface area contributed by atoms with Gasteiger partial charge in [0.25, 0.3) is 0 Å². The van der Waals surface area contributed by atoms with Crippen LogP contribution in [0.25, 0.3) is 0 Å². The van der Waals surface area contributed by atoms with E-state index < -0.39 is 0 Å². The fraction of sp³-hybridized carbons (Fsp3) is 0.889. The van der Waals surface area contributed by atoms with Gasteiger partial charge in [-0.05, 0) is 12.8 Å². The molecule has 1 heterocycles. The average Bonchev–Trinajstić information content (AvgIpc) is 2.67. The smallest absolute Gasteiger partial charge is 0.155 e. The van der Waals surface area contributed by atoms with Crippen molar-refractivity contribution in [1.29, 1.82) is 0 Å². The molecule has 5 heteroatoms. The van der Waals surface area contributed by atoms with E-state index in [2.05, 4.69) is 10.1 Å². The van der Waals surface area contributed by atoms with Crippen LogP contribution in [0.1, 0.15) is 40.0 Å². The Morgan fingerprint density at radius 2 is 2.14 bits per heavy atom. The first-order valence-corrected chi connectivity index (χ1v) is 5.61. The summed E-state index contributed by atoms with van der Waals surface area (Å²) in [5.74, 6) is 0. The summed E-state index contributed by atoms with van der Waals surface area (Å²) >= 11 is 1.71. The summed E-state index contributed by atoms with van der Waals surface area (Å²) in [6.07, 6.45) is 3.01. The van der Waals surface area contributed by atoms with E-state index in [1.807, 2.05) is 20.5 Å². The van der Waals surface area contributed by atoms with Gasteiger partial charge in [0.05, 0.1) is 5.60 Å². The Hall–Kier alpha value is 1.66. The molecule has 0 amide bonds. The molecule has 0 saturated carbocycles. The zero-order valence-corrected chi connectivity index (χ0v) is 15.3. The van der Waals surface area contributed by atoms with Crippen molar-refractivity contribution in [3.05, 3.63) is 6.61 Å². The summed E-state index contributed by atoms with van der Waals surface area (Å²) in [6.45, 7) is 8.46. The van der Waals surface area contributed by atoms with Crippen LogP contribution in [0, 0.1) is 37.7 Å². The molecule has 1 fully saturated rings. The Kier molecular flexibility index (Phi) is 14.4. The van der Waals surface area contributed by atoms with Crippen molar-refractivity contribution in [3.8, 4) is 0 Å². The van der Waals surface area contributed by atoms with E-state index in [1.165, 1.54) is 0 Å². The zero-order chi connectivity index (χ0) is 10.2. The van der Waals surface area contributed by atoms with Crippen molar-refractivity contribution in [1.82, 2.24) is 0 Å². The van der Waals surface area contributed by atoms with Crippen molar-refractivity contribution in [2.45, 2.75) is 45.6 Å². The molecule has 1 unspecified atom stereocenters. The molecule has 1 saturated heterocycles. The third-order valence-corrected chi connectivity index (χ3v) is 2.32. The quantitative estimate of drug-likeness (QED) is 0.237. The molecular weight excluding hydrogens is 521 g/mol. The Morgan fingerprint density at radius 3 is 2.50 bits per heavy atom. The minimum absolute atomic E-state index is 0. The minimum Gasteiger partial charge on any atom is -0.546 e. The molecule has 0 aromatic rings. The van der Waals surface area contributed by atoms with Gasteiger partial charge < -0.3 is 4.74 Å². The summed E-state index contributed by atoms with van der Waals surface area (Å²) in [5.41, 5.74) is -0.120. The normalized spacial score (nSPS) is 24.9. The molecule has 1 aliphatic heterocycles.